The van der Waals surface area contributed by atoms with Crippen LogP contribution in [0.15, 0.2) is 0 Å². The quantitative estimate of drug-likeness (QED) is 0.736. The summed E-state index contributed by atoms with van der Waals surface area (Å²) in [6, 6.07) is 0. The summed E-state index contributed by atoms with van der Waals surface area (Å²) in [5.41, 5.74) is 5.50. The molecule has 2 nitrogen and oxygen atoms in total. The van der Waals surface area contributed by atoms with Crippen molar-refractivity contribution < 1.29 is 4.74 Å². The molecular weight excluding hydrogens is 186 g/mol. The molecule has 0 bridgehead atoms. The maximum atomic E-state index is 6.07. The van der Waals surface area contributed by atoms with Crippen molar-refractivity contribution in [3.05, 3.63) is 0 Å². The molecule has 90 valence electrons. The van der Waals surface area contributed by atoms with Gasteiger partial charge in [0.1, 0.15) is 0 Å². The Bertz CT molecular complexity index is 161. The first-order valence-electron chi connectivity index (χ1n) is 6.61. The summed E-state index contributed by atoms with van der Waals surface area (Å²) in [5, 5.41) is 0. The normalized spacial score (nSPS) is 29.0. The van der Waals surface area contributed by atoms with Crippen molar-refractivity contribution in [2.24, 2.45) is 11.7 Å². The van der Waals surface area contributed by atoms with Crippen molar-refractivity contribution >= 4 is 0 Å². The van der Waals surface area contributed by atoms with Gasteiger partial charge in [-0.25, -0.2) is 0 Å². The van der Waals surface area contributed by atoms with Crippen LogP contribution in [-0.4, -0.2) is 18.8 Å². The molecule has 1 aliphatic carbocycles. The van der Waals surface area contributed by atoms with Gasteiger partial charge in [0.2, 0.25) is 0 Å². The van der Waals surface area contributed by atoms with Crippen LogP contribution in [0.2, 0.25) is 0 Å². The lowest BCUT2D eigenvalue weighted by atomic mass is 9.85. The van der Waals surface area contributed by atoms with Crippen LogP contribution in [0.1, 0.15) is 58.8 Å². The lowest BCUT2D eigenvalue weighted by Crippen LogP contribution is -2.26. The average molecular weight is 213 g/mol. The second-order valence-corrected chi connectivity index (χ2v) is 4.94. The molecule has 1 rings (SSSR count). The minimum Gasteiger partial charge on any atom is -0.375 e. The van der Waals surface area contributed by atoms with E-state index in [9.17, 15) is 0 Å². The highest BCUT2D eigenvalue weighted by Gasteiger charge is 2.22. The molecule has 1 saturated carbocycles. The molecule has 0 radical (unpaired) electrons. The van der Waals surface area contributed by atoms with Crippen LogP contribution in [0, 0.1) is 5.92 Å². The van der Waals surface area contributed by atoms with Gasteiger partial charge in [0, 0.05) is 0 Å². The fourth-order valence-corrected chi connectivity index (χ4v) is 2.54. The van der Waals surface area contributed by atoms with Gasteiger partial charge in [-0.15, -0.1) is 0 Å². The third kappa shape index (κ3) is 4.98. The zero-order chi connectivity index (χ0) is 11.1. The summed E-state index contributed by atoms with van der Waals surface area (Å²) in [5.74, 6) is 0.908. The molecule has 0 aromatic rings. The molecule has 1 aliphatic rings. The van der Waals surface area contributed by atoms with Gasteiger partial charge in [-0.2, -0.15) is 0 Å². The third-order valence-electron chi connectivity index (χ3n) is 3.55. The molecule has 0 saturated heterocycles. The lowest BCUT2D eigenvalue weighted by molar-refractivity contribution is -0.0358. The molecule has 0 aromatic carbocycles. The molecule has 0 spiro atoms. The van der Waals surface area contributed by atoms with Gasteiger partial charge in [-0.3, -0.25) is 0 Å². The van der Waals surface area contributed by atoms with Crippen molar-refractivity contribution in [2.75, 3.05) is 6.54 Å². The van der Waals surface area contributed by atoms with E-state index in [4.69, 9.17) is 10.5 Å². The van der Waals surface area contributed by atoms with Crippen LogP contribution in [0.4, 0.5) is 0 Å². The summed E-state index contributed by atoms with van der Waals surface area (Å²) < 4.78 is 6.07. The van der Waals surface area contributed by atoms with E-state index in [0.717, 1.165) is 25.3 Å². The summed E-state index contributed by atoms with van der Waals surface area (Å²) in [6.45, 7) is 5.27. The molecule has 15 heavy (non-hydrogen) atoms. The van der Waals surface area contributed by atoms with Gasteiger partial charge in [-0.05, 0) is 45.1 Å². The zero-order valence-electron chi connectivity index (χ0n) is 10.4. The highest BCUT2D eigenvalue weighted by molar-refractivity contribution is 4.73. The van der Waals surface area contributed by atoms with Gasteiger partial charge in [0.25, 0.3) is 0 Å². The monoisotopic (exact) mass is 213 g/mol. The van der Waals surface area contributed by atoms with Gasteiger partial charge in [0.15, 0.2) is 0 Å². The summed E-state index contributed by atoms with van der Waals surface area (Å²) in [6.07, 6.45) is 9.75. The van der Waals surface area contributed by atoms with Gasteiger partial charge >= 0.3 is 0 Å². The Morgan fingerprint density at radius 3 is 2.87 bits per heavy atom. The van der Waals surface area contributed by atoms with Crippen LogP contribution in [0.25, 0.3) is 0 Å². The lowest BCUT2D eigenvalue weighted by Gasteiger charge is -2.30. The fraction of sp³-hybridized carbons (Fsp3) is 1.00. The molecule has 0 heterocycles. The standard InChI is InChI=1S/C13H27NO/c1-3-12-7-4-8-13(10-12)15-11(2)6-5-9-14/h11-13H,3-10,14H2,1-2H3. The van der Waals surface area contributed by atoms with Crippen LogP contribution in [-0.2, 0) is 4.74 Å². The van der Waals surface area contributed by atoms with Crippen molar-refractivity contribution in [3.63, 3.8) is 0 Å². The predicted octanol–water partition coefficient (Wildman–Crippen LogP) is 3.10. The van der Waals surface area contributed by atoms with Crippen molar-refractivity contribution in [1.82, 2.24) is 0 Å². The SMILES string of the molecule is CCC1CCCC(OC(C)CCCN)C1. The molecule has 3 unspecified atom stereocenters. The maximum Gasteiger partial charge on any atom is 0.0581 e. The second kappa shape index (κ2) is 7.24. The van der Waals surface area contributed by atoms with E-state index in [1.54, 1.807) is 0 Å². The van der Waals surface area contributed by atoms with Crippen molar-refractivity contribution in [3.8, 4) is 0 Å². The second-order valence-electron chi connectivity index (χ2n) is 4.94. The van der Waals surface area contributed by atoms with E-state index >= 15 is 0 Å². The average Bonchev–Trinajstić information content (AvgIpc) is 2.26. The van der Waals surface area contributed by atoms with Gasteiger partial charge in [-0.1, -0.05) is 26.2 Å². The highest BCUT2D eigenvalue weighted by atomic mass is 16.5. The Kier molecular flexibility index (Phi) is 6.26. The van der Waals surface area contributed by atoms with Crippen molar-refractivity contribution in [2.45, 2.75) is 71.0 Å². The summed E-state index contributed by atoms with van der Waals surface area (Å²) >= 11 is 0. The maximum absolute atomic E-state index is 6.07. The number of nitrogens with two attached hydrogens (primary N) is 1. The smallest absolute Gasteiger partial charge is 0.0581 e. The molecule has 0 amide bonds. The van der Waals surface area contributed by atoms with Gasteiger partial charge < -0.3 is 10.5 Å². The van der Waals surface area contributed by atoms with E-state index in [1.165, 1.54) is 32.1 Å². The molecule has 3 atom stereocenters. The van der Waals surface area contributed by atoms with E-state index in [1.807, 2.05) is 0 Å². The van der Waals surface area contributed by atoms with E-state index in [-0.39, 0.29) is 0 Å². The van der Waals surface area contributed by atoms with Crippen molar-refractivity contribution in [1.29, 1.82) is 0 Å². The molecule has 2 N–H and O–H groups in total. The molecule has 1 fully saturated rings. The summed E-state index contributed by atoms with van der Waals surface area (Å²) in [4.78, 5) is 0. The van der Waals surface area contributed by atoms with Crippen LogP contribution in [0.3, 0.4) is 0 Å². The Balaban J connectivity index is 2.19. The largest absolute Gasteiger partial charge is 0.375 e. The predicted molar refractivity (Wildman–Crippen MR) is 64.9 cm³/mol. The van der Waals surface area contributed by atoms with Gasteiger partial charge in [0.05, 0.1) is 12.2 Å². The van der Waals surface area contributed by atoms with E-state index in [2.05, 4.69) is 13.8 Å². The Labute approximate surface area is 94.6 Å². The first-order chi connectivity index (χ1) is 7.26. The van der Waals surface area contributed by atoms with Crippen LogP contribution in [0.5, 0.6) is 0 Å². The summed E-state index contributed by atoms with van der Waals surface area (Å²) in [7, 11) is 0. The van der Waals surface area contributed by atoms with E-state index < -0.39 is 0 Å². The third-order valence-corrected chi connectivity index (χ3v) is 3.55. The zero-order valence-corrected chi connectivity index (χ0v) is 10.4. The first kappa shape index (κ1) is 13.0. The highest BCUT2D eigenvalue weighted by Crippen LogP contribution is 2.29. The topological polar surface area (TPSA) is 35.2 Å². The number of hydrogen-bond acceptors (Lipinski definition) is 2. The molecule has 2 heteroatoms. The van der Waals surface area contributed by atoms with E-state index in [0.29, 0.717) is 12.2 Å². The molecule has 0 aliphatic heterocycles. The fourth-order valence-electron chi connectivity index (χ4n) is 2.54. The Morgan fingerprint density at radius 1 is 1.40 bits per heavy atom. The molecular formula is C13H27NO. The minimum absolute atomic E-state index is 0.397. The number of ether oxygens (including phenoxy) is 1. The number of rotatable bonds is 6. The minimum atomic E-state index is 0.397. The van der Waals surface area contributed by atoms with Crippen LogP contribution < -0.4 is 5.73 Å². The Morgan fingerprint density at radius 2 is 2.20 bits per heavy atom. The number of hydrogen-bond donors (Lipinski definition) is 1. The van der Waals surface area contributed by atoms with Crippen LogP contribution >= 0.6 is 0 Å². The first-order valence-corrected chi connectivity index (χ1v) is 6.61. The Hall–Kier alpha value is -0.0800. The molecule has 0 aromatic heterocycles.